The fourth-order valence-electron chi connectivity index (χ4n) is 1.94. The molecule has 1 N–H and O–H groups in total. The Bertz CT molecular complexity index is 471. The second kappa shape index (κ2) is 7.82. The number of hydrogen-bond acceptors (Lipinski definition) is 4. The first kappa shape index (κ1) is 16.4. The summed E-state index contributed by atoms with van der Waals surface area (Å²) < 4.78 is 5.51. The fraction of sp³-hybridized carbons (Fsp3) is 0.438. The molecule has 0 aliphatic carbocycles. The smallest absolute Gasteiger partial charge is 0.159 e. The fourth-order valence-corrected chi connectivity index (χ4v) is 1.94. The van der Waals surface area contributed by atoms with Crippen LogP contribution in [0.4, 0.5) is 0 Å². The Kier molecular flexibility index (Phi) is 6.42. The maximum atomic E-state index is 11.3. The van der Waals surface area contributed by atoms with Crippen molar-refractivity contribution in [3.63, 3.8) is 0 Å². The van der Waals surface area contributed by atoms with Gasteiger partial charge in [0.2, 0.25) is 0 Å². The van der Waals surface area contributed by atoms with E-state index in [1.165, 1.54) is 6.92 Å². The number of ether oxygens (including phenoxy) is 1. The van der Waals surface area contributed by atoms with Gasteiger partial charge in [0.05, 0.1) is 0 Å². The first-order valence-electron chi connectivity index (χ1n) is 6.63. The summed E-state index contributed by atoms with van der Waals surface area (Å²) in [7, 11) is 1.92. The lowest BCUT2D eigenvalue weighted by atomic mass is 10.1. The van der Waals surface area contributed by atoms with E-state index in [9.17, 15) is 9.90 Å². The summed E-state index contributed by atoms with van der Waals surface area (Å²) in [6.07, 6.45) is -0.583. The molecular formula is C16H23NO3. The van der Waals surface area contributed by atoms with Crippen LogP contribution in [-0.4, -0.2) is 48.6 Å². The zero-order valence-electron chi connectivity index (χ0n) is 12.4. The molecule has 0 saturated heterocycles. The quantitative estimate of drug-likeness (QED) is 0.584. The summed E-state index contributed by atoms with van der Waals surface area (Å²) in [5.74, 6) is 0.594. The third-order valence-corrected chi connectivity index (χ3v) is 2.75. The van der Waals surface area contributed by atoms with Crippen molar-refractivity contribution in [3.8, 4) is 5.75 Å². The highest BCUT2D eigenvalue weighted by atomic mass is 16.5. The third kappa shape index (κ3) is 5.99. The lowest BCUT2D eigenvalue weighted by Gasteiger charge is -2.20. The van der Waals surface area contributed by atoms with Gasteiger partial charge in [-0.25, -0.2) is 0 Å². The summed E-state index contributed by atoms with van der Waals surface area (Å²) in [5.41, 5.74) is 1.66. The van der Waals surface area contributed by atoms with E-state index >= 15 is 0 Å². The first-order valence-corrected chi connectivity index (χ1v) is 6.63. The van der Waals surface area contributed by atoms with Crippen LogP contribution in [0.1, 0.15) is 24.2 Å². The second-order valence-electron chi connectivity index (χ2n) is 5.20. The van der Waals surface area contributed by atoms with Crippen LogP contribution in [0.2, 0.25) is 0 Å². The predicted molar refractivity (Wildman–Crippen MR) is 80.3 cm³/mol. The molecule has 0 aromatic heterocycles. The Morgan fingerprint density at radius 2 is 2.15 bits per heavy atom. The third-order valence-electron chi connectivity index (χ3n) is 2.75. The van der Waals surface area contributed by atoms with Gasteiger partial charge in [0, 0.05) is 18.7 Å². The van der Waals surface area contributed by atoms with E-state index in [2.05, 4.69) is 6.58 Å². The Balaban J connectivity index is 2.44. The Hall–Kier alpha value is -1.65. The van der Waals surface area contributed by atoms with E-state index in [-0.39, 0.29) is 12.4 Å². The zero-order valence-corrected chi connectivity index (χ0v) is 12.4. The minimum Gasteiger partial charge on any atom is -0.491 e. The van der Waals surface area contributed by atoms with Crippen molar-refractivity contribution >= 4 is 5.78 Å². The van der Waals surface area contributed by atoms with Crippen LogP contribution in [0.15, 0.2) is 36.4 Å². The molecular weight excluding hydrogens is 254 g/mol. The van der Waals surface area contributed by atoms with Crippen molar-refractivity contribution in [1.29, 1.82) is 0 Å². The molecule has 1 aromatic rings. The molecule has 0 heterocycles. The van der Waals surface area contributed by atoms with Crippen LogP contribution < -0.4 is 4.74 Å². The van der Waals surface area contributed by atoms with Crippen molar-refractivity contribution in [2.45, 2.75) is 20.0 Å². The van der Waals surface area contributed by atoms with Gasteiger partial charge in [-0.1, -0.05) is 24.3 Å². The van der Waals surface area contributed by atoms with Crippen LogP contribution in [0.5, 0.6) is 5.75 Å². The summed E-state index contributed by atoms with van der Waals surface area (Å²) in [6, 6.07) is 6.97. The molecule has 0 spiro atoms. The number of aliphatic hydroxyl groups is 1. The number of hydrogen-bond donors (Lipinski definition) is 1. The van der Waals surface area contributed by atoms with Gasteiger partial charge >= 0.3 is 0 Å². The number of aliphatic hydroxyl groups excluding tert-OH is 1. The Labute approximate surface area is 120 Å². The topological polar surface area (TPSA) is 49.8 Å². The van der Waals surface area contributed by atoms with Gasteiger partial charge in [-0.15, -0.1) is 0 Å². The average Bonchev–Trinajstić information content (AvgIpc) is 2.35. The van der Waals surface area contributed by atoms with Gasteiger partial charge in [-0.2, -0.15) is 0 Å². The van der Waals surface area contributed by atoms with Gasteiger partial charge in [0.1, 0.15) is 18.5 Å². The molecule has 1 aromatic carbocycles. The maximum Gasteiger partial charge on any atom is 0.159 e. The minimum atomic E-state index is -0.583. The van der Waals surface area contributed by atoms with Crippen molar-refractivity contribution < 1.29 is 14.6 Å². The molecule has 0 aliphatic rings. The second-order valence-corrected chi connectivity index (χ2v) is 5.20. The lowest BCUT2D eigenvalue weighted by Crippen LogP contribution is -2.33. The molecule has 0 amide bonds. The molecule has 0 radical (unpaired) electrons. The Morgan fingerprint density at radius 1 is 1.45 bits per heavy atom. The number of nitrogens with zero attached hydrogens (tertiary/aromatic N) is 1. The highest BCUT2D eigenvalue weighted by Crippen LogP contribution is 2.14. The molecule has 20 heavy (non-hydrogen) atoms. The average molecular weight is 277 g/mol. The largest absolute Gasteiger partial charge is 0.491 e. The standard InChI is InChI=1S/C16H23NO3/c1-12(2)9-17(4)10-15(19)11-20-16-7-5-6-14(8-16)13(3)18/h5-8,15,19H,1,9-11H2,2-4H3. The molecule has 110 valence electrons. The highest BCUT2D eigenvalue weighted by molar-refractivity contribution is 5.94. The van der Waals surface area contributed by atoms with Crippen molar-refractivity contribution in [2.75, 3.05) is 26.7 Å². The van der Waals surface area contributed by atoms with E-state index in [4.69, 9.17) is 4.74 Å². The van der Waals surface area contributed by atoms with Gasteiger partial charge in [-0.05, 0) is 33.0 Å². The van der Waals surface area contributed by atoms with E-state index in [1.807, 2.05) is 18.9 Å². The number of carbonyl (C=O) groups excluding carboxylic acids is 1. The number of benzene rings is 1. The predicted octanol–water partition coefficient (Wildman–Crippen LogP) is 2.14. The van der Waals surface area contributed by atoms with Gasteiger partial charge in [0.25, 0.3) is 0 Å². The summed E-state index contributed by atoms with van der Waals surface area (Å²) in [6.45, 7) is 8.76. The Morgan fingerprint density at radius 3 is 2.75 bits per heavy atom. The molecule has 4 nitrogen and oxygen atoms in total. The van der Waals surface area contributed by atoms with Crippen molar-refractivity contribution in [3.05, 3.63) is 42.0 Å². The number of rotatable bonds is 8. The molecule has 1 atom stereocenters. The lowest BCUT2D eigenvalue weighted by molar-refractivity contribution is 0.0788. The van der Waals surface area contributed by atoms with Crippen LogP contribution >= 0.6 is 0 Å². The maximum absolute atomic E-state index is 11.3. The summed E-state index contributed by atoms with van der Waals surface area (Å²) in [4.78, 5) is 13.3. The highest BCUT2D eigenvalue weighted by Gasteiger charge is 2.09. The van der Waals surface area contributed by atoms with E-state index in [0.29, 0.717) is 17.9 Å². The molecule has 1 rings (SSSR count). The van der Waals surface area contributed by atoms with Gasteiger partial charge < -0.3 is 9.84 Å². The minimum absolute atomic E-state index is 0.00260. The van der Waals surface area contributed by atoms with Gasteiger partial charge in [-0.3, -0.25) is 9.69 Å². The zero-order chi connectivity index (χ0) is 15.1. The number of Topliss-reactive ketones (excluding diaryl/α,β-unsaturated/α-hetero) is 1. The normalized spacial score (nSPS) is 12.2. The number of carbonyl (C=O) groups is 1. The van der Waals surface area contributed by atoms with Crippen LogP contribution in [-0.2, 0) is 0 Å². The van der Waals surface area contributed by atoms with E-state index < -0.39 is 6.10 Å². The molecule has 1 unspecified atom stereocenters. The van der Waals surface area contributed by atoms with Crippen molar-refractivity contribution in [1.82, 2.24) is 4.90 Å². The van der Waals surface area contributed by atoms with Crippen LogP contribution in [0, 0.1) is 0 Å². The number of likely N-dealkylation sites (N-methyl/N-ethyl adjacent to an activating group) is 1. The van der Waals surface area contributed by atoms with E-state index in [1.54, 1.807) is 24.3 Å². The van der Waals surface area contributed by atoms with Crippen LogP contribution in [0.3, 0.4) is 0 Å². The van der Waals surface area contributed by atoms with E-state index in [0.717, 1.165) is 12.1 Å². The summed E-state index contributed by atoms with van der Waals surface area (Å²) >= 11 is 0. The van der Waals surface area contributed by atoms with Gasteiger partial charge in [0.15, 0.2) is 5.78 Å². The summed E-state index contributed by atoms with van der Waals surface area (Å²) in [5, 5.41) is 9.91. The molecule has 4 heteroatoms. The van der Waals surface area contributed by atoms with Crippen LogP contribution in [0.25, 0.3) is 0 Å². The molecule has 0 bridgehead atoms. The molecule has 0 aliphatic heterocycles. The first-order chi connectivity index (χ1) is 9.38. The van der Waals surface area contributed by atoms with Crippen molar-refractivity contribution in [2.24, 2.45) is 0 Å². The molecule has 0 saturated carbocycles. The monoisotopic (exact) mass is 277 g/mol. The molecule has 0 fully saturated rings. The SMILES string of the molecule is C=C(C)CN(C)CC(O)COc1cccc(C(C)=O)c1. The number of ketones is 1.